The van der Waals surface area contributed by atoms with Crippen LogP contribution in [0.25, 0.3) is 17.1 Å². The SMILES string of the molecule is O=C(c1nc(-c2ccccc2)n(-c2ccccc2)n1)N1CCC2CCCCC2C1. The molecule has 2 aromatic carbocycles. The number of piperidine rings is 1. The molecule has 2 heterocycles. The summed E-state index contributed by atoms with van der Waals surface area (Å²) >= 11 is 0. The third-order valence-corrected chi connectivity index (χ3v) is 6.41. The second-order valence-corrected chi connectivity index (χ2v) is 8.22. The van der Waals surface area contributed by atoms with Crippen LogP contribution in [-0.2, 0) is 0 Å². The Morgan fingerprint density at radius 3 is 2.31 bits per heavy atom. The molecule has 3 aromatic rings. The van der Waals surface area contributed by atoms with Crippen LogP contribution in [0.2, 0.25) is 0 Å². The second kappa shape index (κ2) is 7.82. The highest BCUT2D eigenvalue weighted by Crippen LogP contribution is 2.36. The summed E-state index contributed by atoms with van der Waals surface area (Å²) in [5.74, 6) is 2.39. The summed E-state index contributed by atoms with van der Waals surface area (Å²) in [7, 11) is 0. The van der Waals surface area contributed by atoms with Crippen LogP contribution < -0.4 is 0 Å². The molecule has 1 saturated carbocycles. The first kappa shape index (κ1) is 18.1. The number of hydrogen-bond acceptors (Lipinski definition) is 3. The van der Waals surface area contributed by atoms with Crippen molar-refractivity contribution in [1.82, 2.24) is 19.7 Å². The van der Waals surface area contributed by atoms with Crippen LogP contribution in [0.1, 0.15) is 42.7 Å². The largest absolute Gasteiger partial charge is 0.336 e. The van der Waals surface area contributed by atoms with E-state index in [4.69, 9.17) is 4.98 Å². The van der Waals surface area contributed by atoms with Gasteiger partial charge in [0.1, 0.15) is 0 Å². The average Bonchev–Trinajstić information content (AvgIpc) is 3.25. The molecule has 1 aromatic heterocycles. The highest BCUT2D eigenvalue weighted by molar-refractivity contribution is 5.91. The molecule has 2 aliphatic rings. The summed E-state index contributed by atoms with van der Waals surface area (Å²) in [5, 5.41) is 4.65. The van der Waals surface area contributed by atoms with E-state index in [1.165, 1.54) is 25.7 Å². The summed E-state index contributed by atoms with van der Waals surface area (Å²) in [6.45, 7) is 1.67. The maximum Gasteiger partial charge on any atom is 0.293 e. The van der Waals surface area contributed by atoms with Crippen molar-refractivity contribution in [2.24, 2.45) is 11.8 Å². The lowest BCUT2D eigenvalue weighted by Gasteiger charge is -2.40. The van der Waals surface area contributed by atoms with Gasteiger partial charge in [0.2, 0.25) is 5.82 Å². The number of aromatic nitrogens is 3. The van der Waals surface area contributed by atoms with Crippen molar-refractivity contribution in [1.29, 1.82) is 0 Å². The fraction of sp³-hybridized carbons (Fsp3) is 0.375. The lowest BCUT2D eigenvalue weighted by molar-refractivity contribution is 0.0510. The monoisotopic (exact) mass is 386 g/mol. The molecule has 0 N–H and O–H groups in total. The van der Waals surface area contributed by atoms with Gasteiger partial charge in [0.15, 0.2) is 5.82 Å². The van der Waals surface area contributed by atoms with Crippen LogP contribution in [-0.4, -0.2) is 38.7 Å². The predicted molar refractivity (Wildman–Crippen MR) is 113 cm³/mol. The van der Waals surface area contributed by atoms with Crippen molar-refractivity contribution in [2.45, 2.75) is 32.1 Å². The Morgan fingerprint density at radius 1 is 0.862 bits per heavy atom. The Hall–Kier alpha value is -2.95. The van der Waals surface area contributed by atoms with Gasteiger partial charge in [-0.3, -0.25) is 4.79 Å². The number of nitrogens with zero attached hydrogens (tertiary/aromatic N) is 4. The Kier molecular flexibility index (Phi) is 4.88. The number of fused-ring (bicyclic) bond motifs is 1. The molecule has 2 fully saturated rings. The van der Waals surface area contributed by atoms with E-state index < -0.39 is 0 Å². The molecule has 148 valence electrons. The molecule has 1 aliphatic heterocycles. The highest BCUT2D eigenvalue weighted by atomic mass is 16.2. The fourth-order valence-electron chi connectivity index (χ4n) is 4.85. The topological polar surface area (TPSA) is 51.0 Å². The van der Waals surface area contributed by atoms with Crippen molar-refractivity contribution >= 4 is 5.91 Å². The lowest BCUT2D eigenvalue weighted by Crippen LogP contribution is -2.45. The first-order chi connectivity index (χ1) is 14.3. The predicted octanol–water partition coefficient (Wildman–Crippen LogP) is 4.59. The smallest absolute Gasteiger partial charge is 0.293 e. The first-order valence-corrected chi connectivity index (χ1v) is 10.7. The molecular formula is C24H26N4O. The van der Waals surface area contributed by atoms with Crippen LogP contribution in [0.3, 0.4) is 0 Å². The summed E-state index contributed by atoms with van der Waals surface area (Å²) in [4.78, 5) is 20.0. The van der Waals surface area contributed by atoms with Crippen LogP contribution in [0, 0.1) is 11.8 Å². The molecule has 1 aliphatic carbocycles. The molecule has 0 bridgehead atoms. The van der Waals surface area contributed by atoms with E-state index in [9.17, 15) is 4.79 Å². The van der Waals surface area contributed by atoms with Gasteiger partial charge < -0.3 is 4.90 Å². The normalized spacial score (nSPS) is 21.6. The molecule has 1 amide bonds. The summed E-state index contributed by atoms with van der Waals surface area (Å²) in [6.07, 6.45) is 6.32. The van der Waals surface area contributed by atoms with Crippen molar-refractivity contribution in [2.75, 3.05) is 13.1 Å². The minimum atomic E-state index is -0.0408. The van der Waals surface area contributed by atoms with Gasteiger partial charge in [0, 0.05) is 18.7 Å². The van der Waals surface area contributed by atoms with Crippen LogP contribution in [0.15, 0.2) is 60.7 Å². The Labute approximate surface area is 171 Å². The van der Waals surface area contributed by atoms with Gasteiger partial charge in [-0.1, -0.05) is 67.8 Å². The standard InChI is InChI=1S/C24H26N4O/c29-24(27-16-15-18-9-7-8-12-20(18)17-27)22-25-23(19-10-3-1-4-11-19)28(26-22)21-13-5-2-6-14-21/h1-6,10-11,13-14,18,20H,7-9,12,15-17H2. The van der Waals surface area contributed by atoms with Gasteiger partial charge in [-0.25, -0.2) is 9.67 Å². The van der Waals surface area contributed by atoms with E-state index in [1.807, 2.05) is 65.6 Å². The minimum Gasteiger partial charge on any atom is -0.336 e. The molecule has 2 unspecified atom stereocenters. The zero-order valence-electron chi connectivity index (χ0n) is 16.6. The number of benzene rings is 2. The van der Waals surface area contributed by atoms with Crippen molar-refractivity contribution in [3.05, 3.63) is 66.5 Å². The number of carbonyl (C=O) groups is 1. The zero-order valence-corrected chi connectivity index (χ0v) is 16.6. The highest BCUT2D eigenvalue weighted by Gasteiger charge is 2.34. The third-order valence-electron chi connectivity index (χ3n) is 6.41. The van der Waals surface area contributed by atoms with Crippen LogP contribution >= 0.6 is 0 Å². The summed E-state index contributed by atoms with van der Waals surface area (Å²) in [6, 6.07) is 19.9. The van der Waals surface area contributed by atoms with Gasteiger partial charge in [-0.15, -0.1) is 5.10 Å². The van der Waals surface area contributed by atoms with E-state index in [0.29, 0.717) is 17.6 Å². The molecule has 2 atom stereocenters. The first-order valence-electron chi connectivity index (χ1n) is 10.7. The Balaban J connectivity index is 1.47. The number of carbonyl (C=O) groups excluding carboxylic acids is 1. The van der Waals surface area contributed by atoms with Gasteiger partial charge in [-0.2, -0.15) is 0 Å². The van der Waals surface area contributed by atoms with E-state index in [1.54, 1.807) is 4.68 Å². The lowest BCUT2D eigenvalue weighted by atomic mass is 9.75. The number of para-hydroxylation sites is 1. The second-order valence-electron chi connectivity index (χ2n) is 8.22. The molecule has 0 radical (unpaired) electrons. The molecule has 5 nitrogen and oxygen atoms in total. The van der Waals surface area contributed by atoms with E-state index in [2.05, 4.69) is 5.10 Å². The Morgan fingerprint density at radius 2 is 1.55 bits per heavy atom. The minimum absolute atomic E-state index is 0.0408. The van der Waals surface area contributed by atoms with Crippen LogP contribution in [0.4, 0.5) is 0 Å². The van der Waals surface area contributed by atoms with Gasteiger partial charge in [0.05, 0.1) is 5.69 Å². The number of amides is 1. The van der Waals surface area contributed by atoms with Crippen molar-refractivity contribution in [3.8, 4) is 17.1 Å². The van der Waals surface area contributed by atoms with E-state index in [0.717, 1.165) is 36.7 Å². The summed E-state index contributed by atoms with van der Waals surface area (Å²) in [5.41, 5.74) is 1.86. The number of hydrogen-bond donors (Lipinski definition) is 0. The fourth-order valence-corrected chi connectivity index (χ4v) is 4.85. The molecule has 1 saturated heterocycles. The maximum atomic E-state index is 13.3. The number of rotatable bonds is 3. The molecule has 5 rings (SSSR count). The Bertz CT molecular complexity index is 926. The van der Waals surface area contributed by atoms with Gasteiger partial charge in [0.25, 0.3) is 5.91 Å². The van der Waals surface area contributed by atoms with E-state index >= 15 is 0 Å². The molecular weight excluding hydrogens is 360 g/mol. The van der Waals surface area contributed by atoms with E-state index in [-0.39, 0.29) is 5.91 Å². The summed E-state index contributed by atoms with van der Waals surface area (Å²) < 4.78 is 1.79. The van der Waals surface area contributed by atoms with Crippen molar-refractivity contribution < 1.29 is 4.79 Å². The van der Waals surface area contributed by atoms with Gasteiger partial charge in [-0.05, 0) is 36.8 Å². The zero-order chi connectivity index (χ0) is 19.6. The quantitative estimate of drug-likeness (QED) is 0.662. The maximum absolute atomic E-state index is 13.3. The van der Waals surface area contributed by atoms with Gasteiger partial charge >= 0.3 is 0 Å². The molecule has 5 heteroatoms. The molecule has 0 spiro atoms. The van der Waals surface area contributed by atoms with Crippen molar-refractivity contribution in [3.63, 3.8) is 0 Å². The number of likely N-dealkylation sites (tertiary alicyclic amines) is 1. The average molecular weight is 386 g/mol. The van der Waals surface area contributed by atoms with Crippen LogP contribution in [0.5, 0.6) is 0 Å². The molecule has 29 heavy (non-hydrogen) atoms. The third kappa shape index (κ3) is 3.57.